The van der Waals surface area contributed by atoms with Gasteiger partial charge in [-0.05, 0) is 245 Å². The molecule has 5 aliphatic rings. The Balaban J connectivity index is 0.000000161. The molecule has 19 nitrogen and oxygen atoms in total. The molecule has 3 N–H and O–H groups in total. The van der Waals surface area contributed by atoms with E-state index in [0.29, 0.717) is 61.0 Å². The van der Waals surface area contributed by atoms with Gasteiger partial charge in [-0.15, -0.1) is 35.9 Å². The van der Waals surface area contributed by atoms with Crippen molar-refractivity contribution in [2.75, 3.05) is 42.8 Å². The Morgan fingerprint density at radius 3 is 1.67 bits per heavy atom. The van der Waals surface area contributed by atoms with E-state index in [4.69, 9.17) is 29.3 Å². The van der Waals surface area contributed by atoms with Gasteiger partial charge in [-0.1, -0.05) is 166 Å². The Morgan fingerprint density at radius 1 is 0.650 bits per heavy atom. The van der Waals surface area contributed by atoms with E-state index in [9.17, 15) is 14.4 Å². The minimum atomic E-state index is -0.562. The molecule has 2 amide bonds. The Bertz CT molecular complexity index is 4930. The fraction of sp³-hybridized carbons (Fsp3) is 0.448. The average molecular weight is 1820 g/mol. The molecule has 0 spiro atoms. The van der Waals surface area contributed by atoms with E-state index >= 15 is 0 Å². The third-order valence-corrected chi connectivity index (χ3v) is 27.5. The summed E-state index contributed by atoms with van der Waals surface area (Å²) in [6.45, 7) is 32.7. The van der Waals surface area contributed by atoms with Crippen molar-refractivity contribution in [3.8, 4) is 44.9 Å². The van der Waals surface area contributed by atoms with E-state index in [1.165, 1.54) is 75.3 Å². The SMILES string of the molecule is CC(C)(C)OC(=O)n1cc(B2OC(C)(C)C(C)(C)O2)cn1.CC(C)c1cc(C(C)C)c(-c2cccc(P(C3CCCCC3)C3CCCCC3)c2)c(C(C)C)c1.COc1cccc(CC2CCN(c3ncc(-c4cn[nH]c4)c(C)n3)C2=O)c1.COc1cccc(CC2CCN(c3ncc(Br)c(C)n3)C2=O)c1.Nc1ccccc1-c1[c-]cccc1.[Cl][Pd+]. The number of nitrogens with two attached hydrogens (primary N) is 1. The van der Waals surface area contributed by atoms with Crippen LogP contribution in [0.5, 0.6) is 11.5 Å². The van der Waals surface area contributed by atoms with Gasteiger partial charge in [-0.25, -0.2) is 24.7 Å². The molecule has 2 aliphatic carbocycles. The average Bonchev–Trinajstić information content (AvgIpc) is 1.69. The van der Waals surface area contributed by atoms with Crippen LogP contribution < -0.4 is 35.8 Å². The molecule has 2 atom stereocenters. The topological polar surface area (TPSA) is 228 Å². The van der Waals surface area contributed by atoms with E-state index < -0.39 is 30.0 Å². The van der Waals surface area contributed by atoms with E-state index in [2.05, 4.69) is 163 Å². The number of carbonyl (C=O) groups excluding carboxylic acids is 3. The molecule has 0 bridgehead atoms. The molecule has 3 saturated heterocycles. The number of amides is 2. The van der Waals surface area contributed by atoms with Crippen LogP contribution in [0, 0.1) is 31.7 Å². The third-order valence-electron chi connectivity index (χ3n) is 23.2. The number of methoxy groups -OCH3 is 2. The number of rotatable bonds is 18. The van der Waals surface area contributed by atoms with Crippen molar-refractivity contribution in [1.29, 1.82) is 0 Å². The zero-order chi connectivity index (χ0) is 86.6. The molecule has 6 aromatic carbocycles. The van der Waals surface area contributed by atoms with Gasteiger partial charge in [-0.2, -0.15) is 14.9 Å². The Morgan fingerprint density at radius 2 is 1.18 bits per heavy atom. The zero-order valence-electron chi connectivity index (χ0n) is 73.0. The van der Waals surface area contributed by atoms with Crippen LogP contribution in [0.3, 0.4) is 0 Å². The summed E-state index contributed by atoms with van der Waals surface area (Å²) in [5.74, 6) is 4.30. The van der Waals surface area contributed by atoms with Crippen molar-refractivity contribution < 1.29 is 56.1 Å². The second-order valence-corrected chi connectivity index (χ2v) is 38.2. The number of halogens is 2. The number of nitrogen functional groups attached to an aromatic ring is 1. The van der Waals surface area contributed by atoms with Crippen LogP contribution in [-0.4, -0.2) is 120 Å². The van der Waals surface area contributed by atoms with Gasteiger partial charge in [0.25, 0.3) is 0 Å². The zero-order valence-corrected chi connectivity index (χ0v) is 77.8. The molecule has 15 rings (SSSR count). The summed E-state index contributed by atoms with van der Waals surface area (Å²) in [4.78, 5) is 58.5. The minimum absolute atomic E-state index is 0.0327. The fourth-order valence-corrected chi connectivity index (χ4v) is 20.0. The van der Waals surface area contributed by atoms with Crippen molar-refractivity contribution in [2.24, 2.45) is 11.8 Å². The maximum atomic E-state index is 12.9. The number of benzene rings is 6. The van der Waals surface area contributed by atoms with E-state index in [0.717, 1.165) is 95.3 Å². The standard InChI is InChI=1S/C33H49P.C20H21N5O2.C17H18BrN3O2.C14H23BN2O4.C12H10N.ClH.Pd/c1-23(2)27-21-31(24(3)4)33(32(22-27)25(5)6)26-14-13-19-30(20-26)34(28-15-9-7-10-16-28)29-17-11-8-12-18-29;1-13-18(16-10-22-23-11-16)12-21-20(24-13)25-7-6-15(19(25)26)8-14-4-3-5-17(9-14)27-2;1-11-15(18)10-19-17(20-11)21-7-6-13(16(21)22)8-12-4-3-5-14(9-12)23-2;1-12(2,3)19-11(18)17-9-10(8-16-17)15-20-13(4,5)14(6,7)21-15;13-12-9-5-4-8-11(12)10-6-2-1-3-7-10;;/h13-14,19-25,28-29H,7-12,15-18H2,1-6H3;3-5,9-12,15H,6-8H2,1-2H3,(H,22,23);3-5,9-10,13H,6-8H2,1-2H3;8-9H,1-7H3;1-6,8-9H,13H2;1H;/q;;;;-1;;+2/p-1. The quantitative estimate of drug-likeness (QED) is 0.0352. The summed E-state index contributed by atoms with van der Waals surface area (Å²) in [7, 11) is 7.18. The summed E-state index contributed by atoms with van der Waals surface area (Å²) < 4.78 is 29.6. The van der Waals surface area contributed by atoms with Gasteiger partial charge in [0.2, 0.25) is 23.7 Å². The number of hydrogen-bond donors (Lipinski definition) is 2. The van der Waals surface area contributed by atoms with Crippen molar-refractivity contribution in [1.82, 2.24) is 39.9 Å². The molecule has 2 saturated carbocycles. The molecule has 3 aliphatic heterocycles. The van der Waals surface area contributed by atoms with Gasteiger partial charge in [0, 0.05) is 72.5 Å². The summed E-state index contributed by atoms with van der Waals surface area (Å²) in [6.07, 6.45) is 27.3. The number of nitrogens with zero attached hydrogens (tertiary/aromatic N) is 9. The first-order chi connectivity index (χ1) is 57.4. The number of anilines is 3. The van der Waals surface area contributed by atoms with Crippen LogP contribution >= 0.6 is 33.4 Å². The second-order valence-electron chi connectivity index (χ2n) is 34.6. The number of ether oxygens (including phenoxy) is 3. The van der Waals surface area contributed by atoms with Gasteiger partial charge in [0.1, 0.15) is 17.1 Å². The number of aryl methyl sites for hydroxylation is 2. The molecule has 4 aromatic heterocycles. The molecule has 2 unspecified atom stereocenters. The molecular formula is C96H121BBrClN11O8PPd. The number of para-hydroxylation sites is 1. The molecule has 640 valence electrons. The van der Waals surface area contributed by atoms with Gasteiger partial charge >= 0.3 is 40.9 Å². The molecule has 0 radical (unpaired) electrons. The molecule has 5 fully saturated rings. The first-order valence-corrected chi connectivity index (χ1v) is 46.5. The van der Waals surface area contributed by atoms with Crippen LogP contribution in [0.15, 0.2) is 175 Å². The van der Waals surface area contributed by atoms with Crippen LogP contribution in [0.25, 0.3) is 33.4 Å². The van der Waals surface area contributed by atoms with Crippen molar-refractivity contribution >= 4 is 86.8 Å². The molecule has 24 heteroatoms. The normalized spacial score (nSPS) is 17.1. The summed E-state index contributed by atoms with van der Waals surface area (Å²) >= 11 is 5.60. The van der Waals surface area contributed by atoms with Crippen LogP contribution in [0.1, 0.15) is 224 Å². The Hall–Kier alpha value is -8.44. The first kappa shape index (κ1) is 93.8. The number of nitrogens with one attached hydrogen (secondary N) is 1. The van der Waals surface area contributed by atoms with Gasteiger partial charge in [0.15, 0.2) is 0 Å². The van der Waals surface area contributed by atoms with Crippen LogP contribution in [0.4, 0.5) is 22.4 Å². The van der Waals surface area contributed by atoms with Crippen LogP contribution in [0.2, 0.25) is 0 Å². The molecule has 10 aromatic rings. The number of H-pyrrole nitrogens is 1. The predicted octanol–water partition coefficient (Wildman–Crippen LogP) is 21.8. The Labute approximate surface area is 737 Å². The van der Waals surface area contributed by atoms with Crippen molar-refractivity contribution in [3.63, 3.8) is 0 Å². The van der Waals surface area contributed by atoms with Crippen LogP contribution in [-0.2, 0) is 54.7 Å². The van der Waals surface area contributed by atoms with Crippen molar-refractivity contribution in [3.05, 3.63) is 220 Å². The van der Waals surface area contributed by atoms with Gasteiger partial charge in [0.05, 0.1) is 47.5 Å². The monoisotopic (exact) mass is 1820 g/mol. The summed E-state index contributed by atoms with van der Waals surface area (Å²) in [5, 5.41) is 12.5. The fourth-order valence-electron chi connectivity index (χ4n) is 16.0. The molecule has 120 heavy (non-hydrogen) atoms. The van der Waals surface area contributed by atoms with E-state index in [-0.39, 0.29) is 31.6 Å². The van der Waals surface area contributed by atoms with Gasteiger partial charge < -0.3 is 29.3 Å². The number of aromatic amines is 1. The predicted molar refractivity (Wildman–Crippen MR) is 488 cm³/mol. The van der Waals surface area contributed by atoms with E-state index in [1.54, 1.807) is 83.2 Å². The first-order valence-electron chi connectivity index (χ1n) is 42.2. The maximum absolute atomic E-state index is 12.9. The number of aromatic nitrogens is 8. The molecule has 7 heterocycles. The summed E-state index contributed by atoms with van der Waals surface area (Å²) in [5.41, 5.74) is 23.2. The van der Waals surface area contributed by atoms with Gasteiger partial charge in [-0.3, -0.25) is 24.5 Å². The summed E-state index contributed by atoms with van der Waals surface area (Å²) in [6, 6.07) is 49.6. The second kappa shape index (κ2) is 43.6. The third kappa shape index (κ3) is 24.7. The molecular weight excluding hydrogens is 1700 g/mol. The van der Waals surface area contributed by atoms with E-state index in [1.807, 2.05) is 159 Å². The number of carbonyl (C=O) groups is 3. The van der Waals surface area contributed by atoms with Crippen molar-refractivity contribution in [2.45, 2.75) is 240 Å². The number of hydrogen-bond acceptors (Lipinski definition) is 15. The Kier molecular flexibility index (Phi) is 34.0.